The third kappa shape index (κ3) is 2.48. The summed E-state index contributed by atoms with van der Waals surface area (Å²) in [6.45, 7) is 3.66. The Kier molecular flexibility index (Phi) is 3.38. The molecule has 1 aliphatic carbocycles. The van der Waals surface area contributed by atoms with Crippen LogP contribution in [0.1, 0.15) is 41.0 Å². The average molecular weight is 341 g/mol. The fraction of sp³-hybridized carbons (Fsp3) is 0.471. The van der Waals surface area contributed by atoms with Gasteiger partial charge in [-0.05, 0) is 32.8 Å². The van der Waals surface area contributed by atoms with E-state index in [-0.39, 0.29) is 24.3 Å². The lowest BCUT2D eigenvalue weighted by Crippen LogP contribution is -2.46. The molecular weight excluding hydrogens is 322 g/mol. The van der Waals surface area contributed by atoms with Crippen molar-refractivity contribution in [3.63, 3.8) is 0 Å². The van der Waals surface area contributed by atoms with Crippen molar-refractivity contribution in [2.75, 3.05) is 0 Å². The van der Waals surface area contributed by atoms with Gasteiger partial charge in [-0.2, -0.15) is 5.10 Å². The zero-order chi connectivity index (χ0) is 17.9. The van der Waals surface area contributed by atoms with Crippen LogP contribution in [0, 0.1) is 13.8 Å². The first kappa shape index (κ1) is 15.7. The van der Waals surface area contributed by atoms with Gasteiger partial charge >= 0.3 is 0 Å². The van der Waals surface area contributed by atoms with E-state index in [9.17, 15) is 14.4 Å². The van der Waals surface area contributed by atoms with Gasteiger partial charge in [0.15, 0.2) is 5.65 Å². The van der Waals surface area contributed by atoms with E-state index < -0.39 is 11.9 Å². The summed E-state index contributed by atoms with van der Waals surface area (Å²) in [6.07, 6.45) is 1.73. The normalized spacial score (nSPS) is 20.2. The summed E-state index contributed by atoms with van der Waals surface area (Å²) in [5.41, 5.74) is 2.56. The highest BCUT2D eigenvalue weighted by molar-refractivity contribution is 6.11. The summed E-state index contributed by atoms with van der Waals surface area (Å²) in [5.74, 6) is -0.957. The zero-order valence-corrected chi connectivity index (χ0v) is 14.4. The third-order valence-corrected chi connectivity index (χ3v) is 4.78. The molecule has 0 radical (unpaired) electrons. The number of carbonyl (C=O) groups is 3. The maximum absolute atomic E-state index is 13.4. The van der Waals surface area contributed by atoms with Crippen molar-refractivity contribution in [3.05, 3.63) is 23.0 Å². The lowest BCUT2D eigenvalue weighted by Gasteiger charge is -2.27. The standard InChI is InChI=1S/C17H19N5O3/c1-8-6-11(14-9(2)20-21(3)15(14)18-8)17(25)22(10-4-5-10)12-7-13(23)19-16(12)24/h6,10,12H,4-5,7H2,1-3H3,(H,19,23,24)/t12-/m1/s1. The molecule has 1 aliphatic heterocycles. The minimum absolute atomic E-state index is 0.00893. The molecule has 1 saturated carbocycles. The second kappa shape index (κ2) is 5.37. The minimum Gasteiger partial charge on any atom is -0.323 e. The molecule has 0 bridgehead atoms. The first-order valence-electron chi connectivity index (χ1n) is 8.34. The quantitative estimate of drug-likeness (QED) is 0.825. The van der Waals surface area contributed by atoms with Crippen molar-refractivity contribution in [2.24, 2.45) is 7.05 Å². The number of carbonyl (C=O) groups excluding carboxylic acids is 3. The van der Waals surface area contributed by atoms with Crippen molar-refractivity contribution >= 4 is 28.8 Å². The van der Waals surface area contributed by atoms with E-state index in [0.29, 0.717) is 22.3 Å². The number of pyridine rings is 1. The van der Waals surface area contributed by atoms with Gasteiger partial charge in [0.1, 0.15) is 6.04 Å². The summed E-state index contributed by atoms with van der Waals surface area (Å²) in [5, 5.41) is 7.37. The topological polar surface area (TPSA) is 97.2 Å². The van der Waals surface area contributed by atoms with Gasteiger partial charge < -0.3 is 4.90 Å². The molecule has 8 heteroatoms. The molecule has 1 atom stereocenters. The van der Waals surface area contributed by atoms with Crippen molar-refractivity contribution in [3.8, 4) is 0 Å². The largest absolute Gasteiger partial charge is 0.323 e. The van der Waals surface area contributed by atoms with Gasteiger partial charge in [-0.3, -0.25) is 24.4 Å². The fourth-order valence-corrected chi connectivity index (χ4v) is 3.56. The second-order valence-electron chi connectivity index (χ2n) is 6.79. The summed E-state index contributed by atoms with van der Waals surface area (Å²) in [4.78, 5) is 43.2. The number of hydrogen-bond acceptors (Lipinski definition) is 5. The molecule has 0 unspecified atom stereocenters. The van der Waals surface area contributed by atoms with E-state index in [1.165, 1.54) is 0 Å². The summed E-state index contributed by atoms with van der Waals surface area (Å²) >= 11 is 0. The molecule has 2 aromatic heterocycles. The highest BCUT2D eigenvalue weighted by Gasteiger charge is 2.45. The fourth-order valence-electron chi connectivity index (χ4n) is 3.56. The van der Waals surface area contributed by atoms with Crippen molar-refractivity contribution in [1.29, 1.82) is 0 Å². The molecule has 25 heavy (non-hydrogen) atoms. The molecule has 1 saturated heterocycles. The van der Waals surface area contributed by atoms with Crippen molar-refractivity contribution < 1.29 is 14.4 Å². The smallest absolute Gasteiger partial charge is 0.255 e. The van der Waals surface area contributed by atoms with Crippen LogP contribution in [0.15, 0.2) is 6.07 Å². The summed E-state index contributed by atoms with van der Waals surface area (Å²) in [6, 6.07) is 1.02. The number of fused-ring (bicyclic) bond motifs is 1. The highest BCUT2D eigenvalue weighted by atomic mass is 16.2. The molecule has 2 aliphatic rings. The summed E-state index contributed by atoms with van der Waals surface area (Å²) < 4.78 is 1.65. The van der Waals surface area contributed by atoms with Gasteiger partial charge in [0, 0.05) is 18.8 Å². The van der Waals surface area contributed by atoms with E-state index in [1.54, 1.807) is 22.7 Å². The van der Waals surface area contributed by atoms with Crippen LogP contribution in [-0.4, -0.2) is 49.5 Å². The van der Waals surface area contributed by atoms with E-state index in [2.05, 4.69) is 15.4 Å². The van der Waals surface area contributed by atoms with Gasteiger partial charge in [0.2, 0.25) is 11.8 Å². The van der Waals surface area contributed by atoms with E-state index in [0.717, 1.165) is 18.5 Å². The molecule has 0 aromatic carbocycles. The van der Waals surface area contributed by atoms with E-state index in [4.69, 9.17) is 0 Å². The van der Waals surface area contributed by atoms with Crippen LogP contribution >= 0.6 is 0 Å². The number of nitrogens with one attached hydrogen (secondary N) is 1. The lowest BCUT2D eigenvalue weighted by atomic mass is 10.1. The molecule has 130 valence electrons. The number of amides is 3. The van der Waals surface area contributed by atoms with Crippen molar-refractivity contribution in [2.45, 2.75) is 45.2 Å². The van der Waals surface area contributed by atoms with Crippen LogP contribution in [0.3, 0.4) is 0 Å². The first-order valence-corrected chi connectivity index (χ1v) is 8.34. The lowest BCUT2D eigenvalue weighted by molar-refractivity contribution is -0.126. The van der Waals surface area contributed by atoms with E-state index >= 15 is 0 Å². The molecule has 3 heterocycles. The Balaban J connectivity index is 1.83. The Bertz CT molecular complexity index is 928. The predicted octanol–water partition coefficient (Wildman–Crippen LogP) is 0.605. The van der Waals surface area contributed by atoms with Gasteiger partial charge in [0.25, 0.3) is 5.91 Å². The Labute approximate surface area is 144 Å². The van der Waals surface area contributed by atoms with Crippen LogP contribution in [0.2, 0.25) is 0 Å². The molecule has 2 aromatic rings. The molecule has 8 nitrogen and oxygen atoms in total. The molecular formula is C17H19N5O3. The number of aromatic nitrogens is 3. The SMILES string of the molecule is Cc1cc(C(=O)N(C2CC2)[C@@H]2CC(=O)NC2=O)c2c(C)nn(C)c2n1. The number of nitrogens with zero attached hydrogens (tertiary/aromatic N) is 4. The van der Waals surface area contributed by atoms with Crippen LogP contribution in [0.5, 0.6) is 0 Å². The molecule has 0 spiro atoms. The maximum Gasteiger partial charge on any atom is 0.255 e. The molecule has 2 fully saturated rings. The Morgan fingerprint density at radius 3 is 2.64 bits per heavy atom. The first-order chi connectivity index (χ1) is 11.9. The van der Waals surface area contributed by atoms with Gasteiger partial charge in [-0.25, -0.2) is 4.98 Å². The minimum atomic E-state index is -0.729. The molecule has 4 rings (SSSR count). The highest BCUT2D eigenvalue weighted by Crippen LogP contribution is 2.34. The van der Waals surface area contributed by atoms with Gasteiger partial charge in [-0.1, -0.05) is 0 Å². The second-order valence-corrected chi connectivity index (χ2v) is 6.79. The van der Waals surface area contributed by atoms with Crippen LogP contribution < -0.4 is 5.32 Å². The van der Waals surface area contributed by atoms with Gasteiger partial charge in [-0.15, -0.1) is 0 Å². The maximum atomic E-state index is 13.4. The Hall–Kier alpha value is -2.77. The van der Waals surface area contributed by atoms with Crippen LogP contribution in [0.4, 0.5) is 0 Å². The molecule has 1 N–H and O–H groups in total. The van der Waals surface area contributed by atoms with Crippen LogP contribution in [-0.2, 0) is 16.6 Å². The van der Waals surface area contributed by atoms with E-state index in [1.807, 2.05) is 13.8 Å². The van der Waals surface area contributed by atoms with Crippen molar-refractivity contribution in [1.82, 2.24) is 25.0 Å². The Morgan fingerprint density at radius 1 is 1.32 bits per heavy atom. The number of imide groups is 1. The number of rotatable bonds is 3. The summed E-state index contributed by atoms with van der Waals surface area (Å²) in [7, 11) is 1.79. The van der Waals surface area contributed by atoms with Crippen LogP contribution in [0.25, 0.3) is 11.0 Å². The third-order valence-electron chi connectivity index (χ3n) is 4.78. The predicted molar refractivity (Wildman–Crippen MR) is 88.7 cm³/mol. The van der Waals surface area contributed by atoms with Gasteiger partial charge in [0.05, 0.1) is 23.1 Å². The molecule has 3 amide bonds. The zero-order valence-electron chi connectivity index (χ0n) is 14.4. The Morgan fingerprint density at radius 2 is 2.04 bits per heavy atom. The monoisotopic (exact) mass is 341 g/mol. The number of hydrogen-bond donors (Lipinski definition) is 1. The average Bonchev–Trinajstić information content (AvgIpc) is 3.26. The number of aryl methyl sites for hydroxylation is 3.